The molecule has 42 valence electrons. The molecule has 1 heterocycles. The third-order valence-electron chi connectivity index (χ3n) is 0.907. The standard InChI is InChI=1S/C6H8N2/c1-6-2-4-7-8-5-3-6/h2-5,7H,1H3. The van der Waals surface area contributed by atoms with Crippen molar-refractivity contribution in [3.63, 3.8) is 0 Å². The van der Waals surface area contributed by atoms with E-state index in [0.29, 0.717) is 0 Å². The van der Waals surface area contributed by atoms with Crippen LogP contribution in [0, 0.1) is 0 Å². The lowest BCUT2D eigenvalue weighted by Gasteiger charge is -1.81. The van der Waals surface area contributed by atoms with Crippen LogP contribution in [0.5, 0.6) is 0 Å². The first kappa shape index (κ1) is 5.09. The van der Waals surface area contributed by atoms with Gasteiger partial charge in [0.1, 0.15) is 0 Å². The summed E-state index contributed by atoms with van der Waals surface area (Å²) < 4.78 is 0. The zero-order valence-electron chi connectivity index (χ0n) is 4.76. The van der Waals surface area contributed by atoms with E-state index in [1.165, 1.54) is 5.57 Å². The summed E-state index contributed by atoms with van der Waals surface area (Å²) >= 11 is 0. The molecule has 0 aromatic carbocycles. The fourth-order valence-electron chi connectivity index (χ4n) is 0.465. The summed E-state index contributed by atoms with van der Waals surface area (Å²) in [4.78, 5) is 0. The molecule has 0 radical (unpaired) electrons. The van der Waals surface area contributed by atoms with Gasteiger partial charge in [0.05, 0.1) is 0 Å². The van der Waals surface area contributed by atoms with Crippen LogP contribution in [-0.4, -0.2) is 6.21 Å². The highest BCUT2D eigenvalue weighted by Crippen LogP contribution is 1.92. The molecule has 0 amide bonds. The van der Waals surface area contributed by atoms with Gasteiger partial charge in [-0.05, 0) is 24.6 Å². The Labute approximate surface area is 48.6 Å². The topological polar surface area (TPSA) is 24.4 Å². The Morgan fingerprint density at radius 1 is 1.62 bits per heavy atom. The average molecular weight is 108 g/mol. The summed E-state index contributed by atoms with van der Waals surface area (Å²) in [7, 11) is 0. The van der Waals surface area contributed by atoms with Crippen LogP contribution in [0.1, 0.15) is 6.92 Å². The SMILES string of the molecule is CC1=CC=NNC=C1. The van der Waals surface area contributed by atoms with Crippen LogP contribution in [-0.2, 0) is 0 Å². The molecule has 1 rings (SSSR count). The Morgan fingerprint density at radius 3 is 3.38 bits per heavy atom. The molecule has 0 unspecified atom stereocenters. The molecular formula is C6H8N2. The summed E-state index contributed by atoms with van der Waals surface area (Å²) in [6, 6.07) is 0. The van der Waals surface area contributed by atoms with Gasteiger partial charge in [-0.3, -0.25) is 5.43 Å². The largest absolute Gasteiger partial charge is 0.286 e. The molecule has 0 fully saturated rings. The number of nitrogens with zero attached hydrogens (tertiary/aromatic N) is 1. The highest BCUT2D eigenvalue weighted by molar-refractivity contribution is 5.73. The summed E-state index contributed by atoms with van der Waals surface area (Å²) in [6.07, 6.45) is 7.44. The first-order valence-corrected chi connectivity index (χ1v) is 2.51. The summed E-state index contributed by atoms with van der Waals surface area (Å²) in [6.45, 7) is 2.02. The summed E-state index contributed by atoms with van der Waals surface area (Å²) in [5, 5.41) is 3.78. The van der Waals surface area contributed by atoms with Crippen molar-refractivity contribution in [2.45, 2.75) is 6.92 Å². The molecule has 0 spiro atoms. The highest BCUT2D eigenvalue weighted by Gasteiger charge is 1.79. The molecule has 0 aromatic heterocycles. The maximum Gasteiger partial charge on any atom is 0.0474 e. The van der Waals surface area contributed by atoms with Crippen LogP contribution in [0.2, 0.25) is 0 Å². The lowest BCUT2D eigenvalue weighted by atomic mass is 10.3. The van der Waals surface area contributed by atoms with Gasteiger partial charge in [0.2, 0.25) is 0 Å². The van der Waals surface area contributed by atoms with E-state index < -0.39 is 0 Å². The molecule has 2 nitrogen and oxygen atoms in total. The second kappa shape index (κ2) is 2.31. The van der Waals surface area contributed by atoms with Crippen molar-refractivity contribution in [1.29, 1.82) is 0 Å². The van der Waals surface area contributed by atoms with Gasteiger partial charge in [-0.15, -0.1) is 0 Å². The Balaban J connectivity index is 2.73. The van der Waals surface area contributed by atoms with Gasteiger partial charge in [0.15, 0.2) is 0 Å². The van der Waals surface area contributed by atoms with Crippen molar-refractivity contribution in [3.05, 3.63) is 23.9 Å². The number of hydrazone groups is 1. The maximum atomic E-state index is 3.78. The molecule has 8 heavy (non-hydrogen) atoms. The highest BCUT2D eigenvalue weighted by atomic mass is 15.3. The monoisotopic (exact) mass is 108 g/mol. The quantitative estimate of drug-likeness (QED) is 0.492. The molecule has 0 saturated heterocycles. The van der Waals surface area contributed by atoms with Crippen molar-refractivity contribution in [1.82, 2.24) is 5.43 Å². The molecular weight excluding hydrogens is 100 g/mol. The van der Waals surface area contributed by atoms with Crippen molar-refractivity contribution in [3.8, 4) is 0 Å². The van der Waals surface area contributed by atoms with Crippen molar-refractivity contribution in [2.75, 3.05) is 0 Å². The van der Waals surface area contributed by atoms with Gasteiger partial charge in [0.25, 0.3) is 0 Å². The molecule has 0 atom stereocenters. The molecule has 0 aliphatic carbocycles. The first-order chi connectivity index (χ1) is 3.89. The minimum atomic E-state index is 1.21. The number of hydrogen-bond donors (Lipinski definition) is 1. The number of nitrogens with one attached hydrogen (secondary N) is 1. The molecule has 0 bridgehead atoms. The Hall–Kier alpha value is -1.05. The van der Waals surface area contributed by atoms with Crippen molar-refractivity contribution in [2.24, 2.45) is 5.10 Å². The number of allylic oxidation sites excluding steroid dienone is 3. The first-order valence-electron chi connectivity index (χ1n) is 2.51. The Morgan fingerprint density at radius 2 is 2.50 bits per heavy atom. The minimum absolute atomic E-state index is 1.21. The summed E-state index contributed by atoms with van der Waals surface area (Å²) in [5.74, 6) is 0. The zero-order valence-corrected chi connectivity index (χ0v) is 4.76. The van der Waals surface area contributed by atoms with Crippen LogP contribution in [0.3, 0.4) is 0 Å². The van der Waals surface area contributed by atoms with Gasteiger partial charge in [-0.2, -0.15) is 5.10 Å². The van der Waals surface area contributed by atoms with E-state index >= 15 is 0 Å². The zero-order chi connectivity index (χ0) is 5.82. The van der Waals surface area contributed by atoms with Gasteiger partial charge in [0, 0.05) is 12.4 Å². The lowest BCUT2D eigenvalue weighted by Crippen LogP contribution is -1.89. The number of rotatable bonds is 0. The van der Waals surface area contributed by atoms with Crippen LogP contribution in [0.4, 0.5) is 0 Å². The lowest BCUT2D eigenvalue weighted by molar-refractivity contribution is 0.979. The Kier molecular flexibility index (Phi) is 1.47. The van der Waals surface area contributed by atoms with Gasteiger partial charge < -0.3 is 0 Å². The molecule has 1 N–H and O–H groups in total. The smallest absolute Gasteiger partial charge is 0.0474 e. The van der Waals surface area contributed by atoms with Crippen LogP contribution >= 0.6 is 0 Å². The number of hydrogen-bond acceptors (Lipinski definition) is 2. The van der Waals surface area contributed by atoms with Gasteiger partial charge in [-0.1, -0.05) is 0 Å². The Bertz CT molecular complexity index is 154. The van der Waals surface area contributed by atoms with Crippen LogP contribution in [0.15, 0.2) is 29.0 Å². The van der Waals surface area contributed by atoms with E-state index in [1.807, 2.05) is 19.1 Å². The average Bonchev–Trinajstić information content (AvgIpc) is 1.94. The summed E-state index contributed by atoms with van der Waals surface area (Å²) in [5.41, 5.74) is 3.92. The second-order valence-corrected chi connectivity index (χ2v) is 1.65. The minimum Gasteiger partial charge on any atom is -0.286 e. The third kappa shape index (κ3) is 1.22. The van der Waals surface area contributed by atoms with E-state index in [1.54, 1.807) is 12.4 Å². The normalized spacial score (nSPS) is 16.9. The van der Waals surface area contributed by atoms with Crippen LogP contribution in [0.25, 0.3) is 0 Å². The molecule has 0 aromatic rings. The second-order valence-electron chi connectivity index (χ2n) is 1.65. The molecule has 0 saturated carbocycles. The van der Waals surface area contributed by atoms with E-state index in [4.69, 9.17) is 0 Å². The maximum absolute atomic E-state index is 3.78. The van der Waals surface area contributed by atoms with Crippen LogP contribution < -0.4 is 5.43 Å². The van der Waals surface area contributed by atoms with Crippen molar-refractivity contribution >= 4 is 6.21 Å². The van der Waals surface area contributed by atoms with Gasteiger partial charge >= 0.3 is 0 Å². The van der Waals surface area contributed by atoms with E-state index in [9.17, 15) is 0 Å². The van der Waals surface area contributed by atoms with E-state index in [-0.39, 0.29) is 0 Å². The van der Waals surface area contributed by atoms with Gasteiger partial charge in [-0.25, -0.2) is 0 Å². The van der Waals surface area contributed by atoms with Crippen molar-refractivity contribution < 1.29 is 0 Å². The van der Waals surface area contributed by atoms with E-state index in [0.717, 1.165) is 0 Å². The predicted molar refractivity (Wildman–Crippen MR) is 34.5 cm³/mol. The molecule has 1 aliphatic heterocycles. The predicted octanol–water partition coefficient (Wildman–Crippen LogP) is 1.04. The van der Waals surface area contributed by atoms with E-state index in [2.05, 4.69) is 10.5 Å². The fourth-order valence-corrected chi connectivity index (χ4v) is 0.465. The fraction of sp³-hybridized carbons (Fsp3) is 0.167. The molecule has 1 aliphatic rings. The third-order valence-corrected chi connectivity index (χ3v) is 0.907. The molecule has 2 heteroatoms.